The van der Waals surface area contributed by atoms with Gasteiger partial charge in [-0.1, -0.05) is 6.42 Å². The van der Waals surface area contributed by atoms with Gasteiger partial charge >= 0.3 is 5.97 Å². The molecular weight excluding hydrogens is 234 g/mol. The lowest BCUT2D eigenvalue weighted by atomic mass is 9.82. The van der Waals surface area contributed by atoms with E-state index in [1.807, 2.05) is 0 Å². The number of hydrogen-bond donors (Lipinski definition) is 2. The molecule has 1 aliphatic carbocycles. The first-order valence-electron chi connectivity index (χ1n) is 5.94. The Kier molecular flexibility index (Phi) is 3.55. The summed E-state index contributed by atoms with van der Waals surface area (Å²) in [6.45, 7) is 1.42. The summed E-state index contributed by atoms with van der Waals surface area (Å²) < 4.78 is 0. The molecular formula is C12H15N3O3. The number of aromatic nitrogens is 2. The first kappa shape index (κ1) is 12.5. The Hall–Kier alpha value is -1.98. The summed E-state index contributed by atoms with van der Waals surface area (Å²) in [5.41, 5.74) is 0.925. The highest BCUT2D eigenvalue weighted by atomic mass is 16.4. The molecule has 18 heavy (non-hydrogen) atoms. The fourth-order valence-electron chi connectivity index (χ4n) is 1.83. The van der Waals surface area contributed by atoms with E-state index in [9.17, 15) is 9.59 Å². The van der Waals surface area contributed by atoms with Crippen LogP contribution in [0.2, 0.25) is 0 Å². The summed E-state index contributed by atoms with van der Waals surface area (Å²) in [6.07, 6.45) is 6.16. The zero-order valence-electron chi connectivity index (χ0n) is 10.1. The van der Waals surface area contributed by atoms with Gasteiger partial charge in [0.1, 0.15) is 11.7 Å². The minimum atomic E-state index is -1.07. The van der Waals surface area contributed by atoms with Crippen LogP contribution in [0.5, 0.6) is 0 Å². The molecule has 1 aromatic heterocycles. The molecule has 1 fully saturated rings. The molecule has 1 aliphatic rings. The van der Waals surface area contributed by atoms with Crippen molar-refractivity contribution in [3.8, 4) is 0 Å². The number of carboxylic acid groups (broad SMARTS) is 1. The maximum atomic E-state index is 11.9. The van der Waals surface area contributed by atoms with Crippen LogP contribution in [0.3, 0.4) is 0 Å². The molecule has 0 aromatic carbocycles. The van der Waals surface area contributed by atoms with E-state index in [0.29, 0.717) is 5.69 Å². The van der Waals surface area contributed by atoms with Crippen molar-refractivity contribution in [1.29, 1.82) is 0 Å². The van der Waals surface area contributed by atoms with Gasteiger partial charge in [0.2, 0.25) is 0 Å². The molecule has 2 rings (SSSR count). The van der Waals surface area contributed by atoms with Gasteiger partial charge in [0.25, 0.3) is 5.91 Å². The number of carboxylic acids is 1. The summed E-state index contributed by atoms with van der Waals surface area (Å²) in [5.74, 6) is -1.27. The summed E-state index contributed by atoms with van der Waals surface area (Å²) in [4.78, 5) is 30.9. The third kappa shape index (κ3) is 2.47. The number of rotatable bonds is 4. The third-order valence-electron chi connectivity index (χ3n) is 3.15. The van der Waals surface area contributed by atoms with Crippen molar-refractivity contribution in [2.45, 2.75) is 38.1 Å². The molecule has 1 heterocycles. The van der Waals surface area contributed by atoms with Gasteiger partial charge in [0, 0.05) is 18.3 Å². The number of hydrogen-bond acceptors (Lipinski definition) is 4. The lowest BCUT2D eigenvalue weighted by Crippen LogP contribution is -2.39. The Bertz CT molecular complexity index is 471. The molecule has 0 saturated heterocycles. The minimum absolute atomic E-state index is 0.246. The number of nitrogens with one attached hydrogen (secondary N) is 1. The van der Waals surface area contributed by atoms with E-state index in [-0.39, 0.29) is 11.6 Å². The number of aliphatic carboxylic acids is 1. The van der Waals surface area contributed by atoms with Crippen molar-refractivity contribution in [3.63, 3.8) is 0 Å². The summed E-state index contributed by atoms with van der Waals surface area (Å²) >= 11 is 0. The average molecular weight is 249 g/mol. The standard InChI is InChI=1S/C12H15N3O3/c1-7(12(17)18)15-11(16)10-9(8-3-2-4-8)13-5-6-14-10/h5-8H,2-4H2,1H3,(H,15,16)(H,17,18)/t7-/m0/s1. The average Bonchev–Trinajstić information content (AvgIpc) is 2.27. The van der Waals surface area contributed by atoms with Gasteiger partial charge in [0.15, 0.2) is 0 Å². The van der Waals surface area contributed by atoms with Crippen LogP contribution in [0.15, 0.2) is 12.4 Å². The van der Waals surface area contributed by atoms with Crippen LogP contribution in [0, 0.1) is 0 Å². The maximum Gasteiger partial charge on any atom is 0.325 e. The second-order valence-electron chi connectivity index (χ2n) is 4.45. The predicted octanol–water partition coefficient (Wildman–Crippen LogP) is 0.947. The molecule has 0 spiro atoms. The molecule has 96 valence electrons. The molecule has 1 aromatic rings. The first-order chi connectivity index (χ1) is 8.59. The monoisotopic (exact) mass is 249 g/mol. The van der Waals surface area contributed by atoms with Crippen molar-refractivity contribution in [1.82, 2.24) is 15.3 Å². The normalized spacial score (nSPS) is 16.7. The number of nitrogens with zero attached hydrogens (tertiary/aromatic N) is 2. The number of carbonyl (C=O) groups is 2. The van der Waals surface area contributed by atoms with E-state index in [1.54, 1.807) is 6.20 Å². The van der Waals surface area contributed by atoms with Gasteiger partial charge < -0.3 is 10.4 Å². The van der Waals surface area contributed by atoms with Crippen LogP contribution < -0.4 is 5.32 Å². The zero-order chi connectivity index (χ0) is 13.1. The summed E-state index contributed by atoms with van der Waals surface area (Å²) in [5, 5.41) is 11.2. The van der Waals surface area contributed by atoms with Crippen LogP contribution in [-0.2, 0) is 4.79 Å². The van der Waals surface area contributed by atoms with Crippen LogP contribution in [0.1, 0.15) is 48.3 Å². The van der Waals surface area contributed by atoms with E-state index in [1.165, 1.54) is 13.1 Å². The molecule has 1 atom stereocenters. The lowest BCUT2D eigenvalue weighted by Gasteiger charge is -2.25. The van der Waals surface area contributed by atoms with Gasteiger partial charge in [-0.05, 0) is 19.8 Å². The molecule has 6 heteroatoms. The van der Waals surface area contributed by atoms with Gasteiger partial charge in [-0.3, -0.25) is 14.6 Å². The second-order valence-corrected chi connectivity index (χ2v) is 4.45. The second kappa shape index (κ2) is 5.12. The maximum absolute atomic E-state index is 11.9. The van der Waals surface area contributed by atoms with Crippen molar-refractivity contribution < 1.29 is 14.7 Å². The van der Waals surface area contributed by atoms with Gasteiger partial charge in [-0.25, -0.2) is 4.98 Å². The Balaban J connectivity index is 2.16. The van der Waals surface area contributed by atoms with Crippen molar-refractivity contribution in [2.24, 2.45) is 0 Å². The van der Waals surface area contributed by atoms with Gasteiger partial charge in [0.05, 0.1) is 5.69 Å². The summed E-state index contributed by atoms with van der Waals surface area (Å²) in [6, 6.07) is -0.936. The SMILES string of the molecule is C[C@H](NC(=O)c1nccnc1C1CCC1)C(=O)O. The topological polar surface area (TPSA) is 92.2 Å². The Morgan fingerprint density at radius 2 is 2.06 bits per heavy atom. The smallest absolute Gasteiger partial charge is 0.325 e. The quantitative estimate of drug-likeness (QED) is 0.828. The van der Waals surface area contributed by atoms with E-state index in [2.05, 4.69) is 15.3 Å². The highest BCUT2D eigenvalue weighted by Gasteiger charge is 2.27. The highest BCUT2D eigenvalue weighted by Crippen LogP contribution is 2.36. The molecule has 1 saturated carbocycles. The first-order valence-corrected chi connectivity index (χ1v) is 5.94. The molecule has 6 nitrogen and oxygen atoms in total. The van der Waals surface area contributed by atoms with Crippen LogP contribution in [0.4, 0.5) is 0 Å². The number of carbonyl (C=O) groups excluding carboxylic acids is 1. The van der Waals surface area contributed by atoms with Crippen LogP contribution >= 0.6 is 0 Å². The third-order valence-corrected chi connectivity index (χ3v) is 3.15. The predicted molar refractivity (Wildman–Crippen MR) is 63.2 cm³/mol. The molecule has 0 unspecified atom stereocenters. The van der Waals surface area contributed by atoms with E-state index < -0.39 is 17.9 Å². The molecule has 0 bridgehead atoms. The number of amides is 1. The van der Waals surface area contributed by atoms with E-state index in [4.69, 9.17) is 5.11 Å². The van der Waals surface area contributed by atoms with Gasteiger partial charge in [-0.2, -0.15) is 0 Å². The Labute approximate surface area is 104 Å². The van der Waals surface area contributed by atoms with Crippen molar-refractivity contribution >= 4 is 11.9 Å². The Morgan fingerprint density at radius 3 is 2.61 bits per heavy atom. The molecule has 0 aliphatic heterocycles. The minimum Gasteiger partial charge on any atom is -0.480 e. The molecule has 0 radical (unpaired) electrons. The fourth-order valence-corrected chi connectivity index (χ4v) is 1.83. The van der Waals surface area contributed by atoms with E-state index >= 15 is 0 Å². The lowest BCUT2D eigenvalue weighted by molar-refractivity contribution is -0.138. The zero-order valence-corrected chi connectivity index (χ0v) is 10.1. The molecule has 1 amide bonds. The van der Waals surface area contributed by atoms with E-state index in [0.717, 1.165) is 19.3 Å². The Morgan fingerprint density at radius 1 is 1.39 bits per heavy atom. The van der Waals surface area contributed by atoms with Crippen LogP contribution in [-0.4, -0.2) is 33.0 Å². The van der Waals surface area contributed by atoms with Gasteiger partial charge in [-0.15, -0.1) is 0 Å². The molecule has 2 N–H and O–H groups in total. The summed E-state index contributed by atoms with van der Waals surface area (Å²) in [7, 11) is 0. The fraction of sp³-hybridized carbons (Fsp3) is 0.500. The highest BCUT2D eigenvalue weighted by molar-refractivity contribution is 5.95. The van der Waals surface area contributed by atoms with Crippen molar-refractivity contribution in [2.75, 3.05) is 0 Å². The van der Waals surface area contributed by atoms with Crippen molar-refractivity contribution in [3.05, 3.63) is 23.8 Å². The van der Waals surface area contributed by atoms with Crippen LogP contribution in [0.25, 0.3) is 0 Å². The largest absolute Gasteiger partial charge is 0.480 e.